The van der Waals surface area contributed by atoms with E-state index in [9.17, 15) is 13.6 Å². The lowest BCUT2D eigenvalue weighted by Crippen LogP contribution is -2.45. The number of carbonyl (C=O) groups excluding carboxylic acids is 1. The molecule has 1 heterocycles. The van der Waals surface area contributed by atoms with Gasteiger partial charge in [0.05, 0.1) is 0 Å². The van der Waals surface area contributed by atoms with Gasteiger partial charge in [-0.1, -0.05) is 6.92 Å². The molecule has 2 nitrogen and oxygen atoms in total. The average molecular weight is 299 g/mol. The van der Waals surface area contributed by atoms with Gasteiger partial charge in [0.25, 0.3) is 0 Å². The van der Waals surface area contributed by atoms with Gasteiger partial charge < -0.3 is 0 Å². The number of hydrogen-bond donors (Lipinski definition) is 0. The molecule has 20 heavy (non-hydrogen) atoms. The highest BCUT2D eigenvalue weighted by Gasteiger charge is 2.25. The molecule has 0 bridgehead atoms. The van der Waals surface area contributed by atoms with Crippen LogP contribution in [0.2, 0.25) is 0 Å². The minimum atomic E-state index is -0.704. The predicted molar refractivity (Wildman–Crippen MR) is 78.3 cm³/mol. The molecule has 1 aromatic carbocycles. The van der Waals surface area contributed by atoms with Crippen molar-refractivity contribution >= 4 is 17.5 Å². The Morgan fingerprint density at radius 1 is 1.30 bits per heavy atom. The van der Waals surface area contributed by atoms with Crippen molar-refractivity contribution in [1.29, 1.82) is 0 Å². The van der Waals surface area contributed by atoms with Crippen LogP contribution in [0.1, 0.15) is 30.6 Å². The predicted octanol–water partition coefficient (Wildman–Crippen LogP) is 3.36. The zero-order valence-corrected chi connectivity index (χ0v) is 12.6. The molecule has 1 aliphatic heterocycles. The van der Waals surface area contributed by atoms with Crippen LogP contribution in [0.4, 0.5) is 8.78 Å². The highest BCUT2D eigenvalue weighted by atomic mass is 32.2. The summed E-state index contributed by atoms with van der Waals surface area (Å²) in [5.74, 6) is -0.551. The lowest BCUT2D eigenvalue weighted by atomic mass is 10.1. The van der Waals surface area contributed by atoms with Gasteiger partial charge in [-0.05, 0) is 19.1 Å². The van der Waals surface area contributed by atoms with Gasteiger partial charge in [0.15, 0.2) is 5.78 Å². The number of rotatable bonds is 4. The lowest BCUT2D eigenvalue weighted by molar-refractivity contribution is 0.0953. The van der Waals surface area contributed by atoms with Crippen LogP contribution in [-0.4, -0.2) is 40.8 Å². The number of nitrogens with zero attached hydrogens (tertiary/aromatic N) is 1. The van der Waals surface area contributed by atoms with E-state index in [-0.39, 0.29) is 11.3 Å². The van der Waals surface area contributed by atoms with Crippen molar-refractivity contribution in [2.24, 2.45) is 0 Å². The molecule has 1 saturated heterocycles. The Hall–Kier alpha value is -0.940. The molecule has 0 saturated carbocycles. The maximum atomic E-state index is 13.1. The normalized spacial score (nSPS) is 23.8. The fourth-order valence-electron chi connectivity index (χ4n) is 2.42. The molecule has 1 aliphatic rings. The molecular weight excluding hydrogens is 280 g/mol. The van der Waals surface area contributed by atoms with E-state index in [1.54, 1.807) is 0 Å². The van der Waals surface area contributed by atoms with Crippen LogP contribution in [0.3, 0.4) is 0 Å². The molecule has 1 fully saturated rings. The van der Waals surface area contributed by atoms with E-state index in [2.05, 4.69) is 18.7 Å². The van der Waals surface area contributed by atoms with Gasteiger partial charge >= 0.3 is 0 Å². The number of thioether (sulfide) groups is 1. The molecule has 0 aromatic heterocycles. The quantitative estimate of drug-likeness (QED) is 0.795. The van der Waals surface area contributed by atoms with Crippen molar-refractivity contribution < 1.29 is 13.6 Å². The molecule has 2 unspecified atom stereocenters. The third-order valence-corrected chi connectivity index (χ3v) is 5.16. The summed E-state index contributed by atoms with van der Waals surface area (Å²) >= 11 is 1.94. The summed E-state index contributed by atoms with van der Waals surface area (Å²) in [4.78, 5) is 14.3. The summed E-state index contributed by atoms with van der Waals surface area (Å²) in [6.45, 7) is 5.94. The Kier molecular flexibility index (Phi) is 5.16. The van der Waals surface area contributed by atoms with Crippen LogP contribution >= 0.6 is 11.8 Å². The Bertz CT molecular complexity index is 475. The van der Waals surface area contributed by atoms with Crippen molar-refractivity contribution in [3.05, 3.63) is 35.4 Å². The van der Waals surface area contributed by atoms with Gasteiger partial charge in [-0.15, -0.1) is 0 Å². The second-order valence-electron chi connectivity index (χ2n) is 5.18. The minimum Gasteiger partial charge on any atom is -0.298 e. The molecule has 0 amide bonds. The van der Waals surface area contributed by atoms with Crippen molar-refractivity contribution in [2.45, 2.75) is 31.6 Å². The first-order chi connectivity index (χ1) is 9.47. The molecule has 0 aliphatic carbocycles. The maximum Gasteiger partial charge on any atom is 0.164 e. The highest BCUT2D eigenvalue weighted by Crippen LogP contribution is 2.24. The maximum absolute atomic E-state index is 13.1. The number of carbonyl (C=O) groups is 1. The monoisotopic (exact) mass is 299 g/mol. The first-order valence-corrected chi connectivity index (χ1v) is 7.87. The van der Waals surface area contributed by atoms with Crippen molar-refractivity contribution in [2.75, 3.05) is 18.8 Å². The second-order valence-corrected chi connectivity index (χ2v) is 6.67. The van der Waals surface area contributed by atoms with Gasteiger partial charge in [-0.3, -0.25) is 9.69 Å². The molecule has 1 aromatic rings. The van der Waals surface area contributed by atoms with Gasteiger partial charge in [-0.2, -0.15) is 11.8 Å². The molecule has 110 valence electrons. The number of halogens is 2. The van der Waals surface area contributed by atoms with Crippen molar-refractivity contribution in [3.63, 3.8) is 0 Å². The first kappa shape index (κ1) is 15.4. The van der Waals surface area contributed by atoms with Gasteiger partial charge in [0.2, 0.25) is 0 Å². The van der Waals surface area contributed by atoms with Crippen LogP contribution < -0.4 is 0 Å². The summed E-state index contributed by atoms with van der Waals surface area (Å²) in [6.07, 6.45) is 0.296. The van der Waals surface area contributed by atoms with Crippen LogP contribution in [0.15, 0.2) is 18.2 Å². The van der Waals surface area contributed by atoms with Gasteiger partial charge in [-0.25, -0.2) is 8.78 Å². The fourth-order valence-corrected chi connectivity index (χ4v) is 3.58. The molecule has 2 rings (SSSR count). The Morgan fingerprint density at radius 3 is 2.60 bits per heavy atom. The Balaban J connectivity index is 1.94. The molecule has 0 N–H and O–H groups in total. The molecule has 0 spiro atoms. The summed E-state index contributed by atoms with van der Waals surface area (Å²) in [6, 6.07) is 3.40. The second kappa shape index (κ2) is 6.68. The van der Waals surface area contributed by atoms with E-state index >= 15 is 0 Å². The lowest BCUT2D eigenvalue weighted by Gasteiger charge is -2.37. The topological polar surface area (TPSA) is 20.3 Å². The van der Waals surface area contributed by atoms with E-state index < -0.39 is 11.6 Å². The SMILES string of the molecule is CC1SCCN(CCC(=O)c2cc(F)cc(F)c2)C1C. The van der Waals surface area contributed by atoms with E-state index in [0.717, 1.165) is 30.5 Å². The smallest absolute Gasteiger partial charge is 0.164 e. The summed E-state index contributed by atoms with van der Waals surface area (Å²) in [7, 11) is 0. The average Bonchev–Trinajstić information content (AvgIpc) is 2.39. The number of ketones is 1. The van der Waals surface area contributed by atoms with Crippen LogP contribution in [-0.2, 0) is 0 Å². The Morgan fingerprint density at radius 2 is 1.95 bits per heavy atom. The van der Waals surface area contributed by atoms with Crippen LogP contribution in [0.5, 0.6) is 0 Å². The third-order valence-electron chi connectivity index (χ3n) is 3.83. The van der Waals surface area contributed by atoms with Gasteiger partial charge in [0.1, 0.15) is 11.6 Å². The molecular formula is C15H19F2NOS. The van der Waals surface area contributed by atoms with E-state index in [0.29, 0.717) is 24.3 Å². The minimum absolute atomic E-state index is 0.120. The highest BCUT2D eigenvalue weighted by molar-refractivity contribution is 8.00. The zero-order valence-electron chi connectivity index (χ0n) is 11.7. The zero-order chi connectivity index (χ0) is 14.7. The molecule has 2 atom stereocenters. The molecule has 0 radical (unpaired) electrons. The fraction of sp³-hybridized carbons (Fsp3) is 0.533. The standard InChI is InChI=1S/C15H19F2NOS/c1-10-11(2)20-6-5-18(10)4-3-15(19)12-7-13(16)9-14(17)8-12/h7-11H,3-6H2,1-2H3. The summed E-state index contributed by atoms with van der Waals surface area (Å²) < 4.78 is 26.2. The van der Waals surface area contributed by atoms with E-state index in [4.69, 9.17) is 0 Å². The summed E-state index contributed by atoms with van der Waals surface area (Å²) in [5, 5.41) is 0.547. The van der Waals surface area contributed by atoms with Crippen LogP contribution in [0.25, 0.3) is 0 Å². The first-order valence-electron chi connectivity index (χ1n) is 6.82. The third kappa shape index (κ3) is 3.79. The Labute approximate surface area is 122 Å². The molecule has 5 heteroatoms. The number of Topliss-reactive ketones (excluding diaryl/α,β-unsaturated/α-hetero) is 1. The number of benzene rings is 1. The largest absolute Gasteiger partial charge is 0.298 e. The van der Waals surface area contributed by atoms with Crippen molar-refractivity contribution in [1.82, 2.24) is 4.90 Å². The van der Waals surface area contributed by atoms with Crippen LogP contribution in [0, 0.1) is 11.6 Å². The summed E-state index contributed by atoms with van der Waals surface area (Å²) in [5.41, 5.74) is 0.120. The van der Waals surface area contributed by atoms with Crippen molar-refractivity contribution in [3.8, 4) is 0 Å². The van der Waals surface area contributed by atoms with E-state index in [1.165, 1.54) is 0 Å². The van der Waals surface area contributed by atoms with E-state index in [1.807, 2.05) is 11.8 Å². The number of hydrogen-bond acceptors (Lipinski definition) is 3. The van der Waals surface area contributed by atoms with Gasteiger partial charge in [0, 0.05) is 48.2 Å².